The number of aliphatic carboxylic acids is 2. The van der Waals surface area contributed by atoms with E-state index in [1.54, 1.807) is 0 Å². The summed E-state index contributed by atoms with van der Waals surface area (Å²) in [5.41, 5.74) is 5.41. The number of Topliss-reactive ketones (excluding diaryl/α,β-unsaturated/α-hetero) is 1. The van der Waals surface area contributed by atoms with E-state index in [1.807, 2.05) is 0 Å². The van der Waals surface area contributed by atoms with Crippen molar-refractivity contribution in [2.45, 2.75) is 109 Å². The molecule has 5 N–H and O–H groups in total. The minimum absolute atomic E-state index is 0.0568. The molecular weight excluding hydrogens is 520 g/mol. The monoisotopic (exact) mass is 568 g/mol. The molecule has 0 aromatic heterocycles. The number of carbonyl (C=O) groups is 5. The van der Waals surface area contributed by atoms with Crippen LogP contribution in [0.3, 0.4) is 0 Å². The third-order valence-corrected chi connectivity index (χ3v) is 7.18. The maximum absolute atomic E-state index is 12.4. The summed E-state index contributed by atoms with van der Waals surface area (Å²) in [7, 11) is 0. The second kappa shape index (κ2) is 24.6. The molecule has 2 atom stereocenters. The fourth-order valence-electron chi connectivity index (χ4n) is 3.70. The number of nitrogens with one attached hydrogen (secondary N) is 1. The van der Waals surface area contributed by atoms with E-state index in [2.05, 4.69) is 36.5 Å². The Morgan fingerprint density at radius 3 is 2.08 bits per heavy atom. The smallest absolute Gasteiger partial charge is 0.322 e. The minimum atomic E-state index is -1.22. The normalized spacial score (nSPS) is 13.0. The van der Waals surface area contributed by atoms with Gasteiger partial charge in [0.1, 0.15) is 18.4 Å². The number of hydrogen-bond acceptors (Lipinski definition) is 7. The molecule has 0 aliphatic heterocycles. The van der Waals surface area contributed by atoms with Crippen molar-refractivity contribution in [3.8, 4) is 0 Å². The van der Waals surface area contributed by atoms with Gasteiger partial charge in [0.15, 0.2) is 5.12 Å². The summed E-state index contributed by atoms with van der Waals surface area (Å²) in [6, 6.07) is -1.17. The molecule has 0 heterocycles. The largest absolute Gasteiger partial charge is 0.480 e. The van der Waals surface area contributed by atoms with Crippen molar-refractivity contribution in [3.05, 3.63) is 24.3 Å². The van der Waals surface area contributed by atoms with Crippen LogP contribution in [0.1, 0.15) is 103 Å². The van der Waals surface area contributed by atoms with Gasteiger partial charge in [0.05, 0.1) is 5.92 Å². The van der Waals surface area contributed by atoms with Gasteiger partial charge in [-0.1, -0.05) is 75.1 Å². The number of allylic oxidation sites excluding steroid dienone is 4. The Balaban J connectivity index is 4.18. The minimum Gasteiger partial charge on any atom is -0.480 e. The highest BCUT2D eigenvalue weighted by atomic mass is 32.2. The Hall–Kier alpha value is -2.46. The van der Waals surface area contributed by atoms with Crippen LogP contribution in [0.2, 0.25) is 0 Å². The molecule has 0 fully saturated rings. The fraction of sp³-hybridized carbons (Fsp3) is 0.690. The third-order valence-electron chi connectivity index (χ3n) is 6.09. The number of thioether (sulfide) groups is 1. The number of unbranched alkanes of at least 4 members (excludes halogenated alkanes) is 8. The summed E-state index contributed by atoms with van der Waals surface area (Å²) >= 11 is 0.972. The number of carboxylic acids is 2. The maximum Gasteiger partial charge on any atom is 0.322 e. The van der Waals surface area contributed by atoms with Crippen LogP contribution >= 0.6 is 11.8 Å². The molecule has 0 rings (SSSR count). The van der Waals surface area contributed by atoms with Crippen molar-refractivity contribution in [3.63, 3.8) is 0 Å². The standard InChI is InChI=1S/C29H48N2O7S/c1-2-3-4-5-6-7-8-9-10-11-12-13-14-15-16-17-27(35)39-22-23(28(36)31-21-26(33)34)20-24(32)18-19-25(30)29(37)38/h6-7,9-10,23,25H,2-5,8,11-22,30H2,1H3,(H,31,36)(H,33,34)(H,37,38)/b7-6-,10-9-/t23-,25-/m0/s1. The summed E-state index contributed by atoms with van der Waals surface area (Å²) in [6.45, 7) is 1.62. The van der Waals surface area contributed by atoms with Crippen LogP contribution in [0, 0.1) is 5.92 Å². The van der Waals surface area contributed by atoms with Crippen LogP contribution in [-0.4, -0.2) is 57.3 Å². The molecule has 0 aliphatic rings. The van der Waals surface area contributed by atoms with E-state index in [4.69, 9.17) is 15.9 Å². The number of carboxylic acid groups (broad SMARTS) is 2. The lowest BCUT2D eigenvalue weighted by molar-refractivity contribution is -0.139. The predicted octanol–water partition coefficient (Wildman–Crippen LogP) is 5.03. The zero-order valence-corrected chi connectivity index (χ0v) is 24.2. The van der Waals surface area contributed by atoms with Crippen molar-refractivity contribution in [2.75, 3.05) is 12.3 Å². The molecule has 39 heavy (non-hydrogen) atoms. The summed E-state index contributed by atoms with van der Waals surface area (Å²) in [5, 5.41) is 19.8. The second-order valence-electron chi connectivity index (χ2n) is 9.70. The molecule has 0 unspecified atom stereocenters. The van der Waals surface area contributed by atoms with Gasteiger partial charge < -0.3 is 21.3 Å². The van der Waals surface area contributed by atoms with Gasteiger partial charge in [-0.15, -0.1) is 0 Å². The molecule has 0 saturated carbocycles. The van der Waals surface area contributed by atoms with E-state index in [1.165, 1.54) is 19.3 Å². The van der Waals surface area contributed by atoms with Gasteiger partial charge in [-0.05, 0) is 44.9 Å². The Bertz CT molecular complexity index is 799. The Kier molecular flexibility index (Phi) is 23.0. The van der Waals surface area contributed by atoms with Crippen molar-refractivity contribution >= 4 is 40.5 Å². The molecular formula is C29H48N2O7S. The Morgan fingerprint density at radius 2 is 1.46 bits per heavy atom. The van der Waals surface area contributed by atoms with Crippen molar-refractivity contribution in [1.82, 2.24) is 5.32 Å². The SMILES string of the molecule is CCCCC/C=C\C/C=C\CCCCCCCC(=O)SC[C@H](CC(=O)CC[C@H](N)C(=O)O)C(=O)NCC(=O)O. The summed E-state index contributed by atoms with van der Waals surface area (Å²) in [4.78, 5) is 58.5. The van der Waals surface area contributed by atoms with Crippen LogP contribution in [0.5, 0.6) is 0 Å². The zero-order chi connectivity index (χ0) is 29.3. The number of ketones is 1. The molecule has 0 aliphatic carbocycles. The van der Waals surface area contributed by atoms with E-state index in [9.17, 15) is 24.0 Å². The first-order valence-electron chi connectivity index (χ1n) is 14.1. The highest BCUT2D eigenvalue weighted by molar-refractivity contribution is 8.13. The first-order chi connectivity index (χ1) is 18.7. The van der Waals surface area contributed by atoms with Crippen molar-refractivity contribution < 1.29 is 34.2 Å². The topological polar surface area (TPSA) is 164 Å². The fourth-order valence-corrected chi connectivity index (χ4v) is 4.64. The van der Waals surface area contributed by atoms with Crippen LogP contribution in [0.25, 0.3) is 0 Å². The molecule has 0 aromatic carbocycles. The number of hydrogen-bond donors (Lipinski definition) is 4. The average Bonchev–Trinajstić information content (AvgIpc) is 2.90. The highest BCUT2D eigenvalue weighted by Gasteiger charge is 2.24. The molecule has 222 valence electrons. The van der Waals surface area contributed by atoms with Crippen LogP contribution in [0.15, 0.2) is 24.3 Å². The lowest BCUT2D eigenvalue weighted by Gasteiger charge is -2.15. The predicted molar refractivity (Wildman–Crippen MR) is 155 cm³/mol. The zero-order valence-electron chi connectivity index (χ0n) is 23.4. The molecule has 1 amide bonds. The lowest BCUT2D eigenvalue weighted by Crippen LogP contribution is -2.37. The van der Waals surface area contributed by atoms with Gasteiger partial charge in [0.25, 0.3) is 0 Å². The molecule has 0 aromatic rings. The summed E-state index contributed by atoms with van der Waals surface area (Å²) in [6.07, 6.45) is 20.9. The number of nitrogens with two attached hydrogens (primary N) is 1. The quantitative estimate of drug-likeness (QED) is 0.0873. The van der Waals surface area contributed by atoms with Crippen molar-refractivity contribution in [2.24, 2.45) is 11.7 Å². The van der Waals surface area contributed by atoms with Gasteiger partial charge in [0.2, 0.25) is 5.91 Å². The molecule has 9 nitrogen and oxygen atoms in total. The Labute approximate surface area is 237 Å². The van der Waals surface area contributed by atoms with Gasteiger partial charge in [-0.2, -0.15) is 0 Å². The number of carbonyl (C=O) groups excluding carboxylic acids is 3. The first-order valence-corrected chi connectivity index (χ1v) is 15.1. The van der Waals surface area contributed by atoms with E-state index in [0.717, 1.165) is 63.1 Å². The van der Waals surface area contributed by atoms with Crippen molar-refractivity contribution in [1.29, 1.82) is 0 Å². The molecule has 10 heteroatoms. The molecule has 0 saturated heterocycles. The van der Waals surface area contributed by atoms with E-state index in [0.29, 0.717) is 6.42 Å². The molecule has 0 bridgehead atoms. The van der Waals surface area contributed by atoms with Gasteiger partial charge in [0, 0.05) is 25.0 Å². The van der Waals surface area contributed by atoms with Crippen LogP contribution in [-0.2, 0) is 24.0 Å². The van der Waals surface area contributed by atoms with Crippen LogP contribution in [0.4, 0.5) is 0 Å². The maximum atomic E-state index is 12.4. The van der Waals surface area contributed by atoms with E-state index >= 15 is 0 Å². The lowest BCUT2D eigenvalue weighted by atomic mass is 9.99. The average molecular weight is 569 g/mol. The second-order valence-corrected chi connectivity index (χ2v) is 10.8. The van der Waals surface area contributed by atoms with Crippen LogP contribution < -0.4 is 11.1 Å². The highest BCUT2D eigenvalue weighted by Crippen LogP contribution is 2.19. The first kappa shape index (κ1) is 36.5. The van der Waals surface area contributed by atoms with E-state index in [-0.39, 0.29) is 35.9 Å². The number of amides is 1. The Morgan fingerprint density at radius 1 is 0.846 bits per heavy atom. The number of rotatable bonds is 25. The van der Waals surface area contributed by atoms with Gasteiger partial charge >= 0.3 is 11.9 Å². The molecule has 0 radical (unpaired) electrons. The van der Waals surface area contributed by atoms with Gasteiger partial charge in [-0.3, -0.25) is 24.0 Å². The summed E-state index contributed by atoms with van der Waals surface area (Å²) < 4.78 is 0. The molecule has 0 spiro atoms. The summed E-state index contributed by atoms with van der Waals surface area (Å²) in [5.74, 6) is -4.23. The van der Waals surface area contributed by atoms with Gasteiger partial charge in [-0.25, -0.2) is 0 Å². The van der Waals surface area contributed by atoms with E-state index < -0.39 is 36.4 Å². The third kappa shape index (κ3) is 23.2.